The summed E-state index contributed by atoms with van der Waals surface area (Å²) in [5, 5.41) is 14.8. The smallest absolute Gasteiger partial charge is 0.322 e. The molecule has 0 aliphatic carbocycles. The number of thiophene rings is 1. The van der Waals surface area contributed by atoms with Crippen LogP contribution in [0.4, 0.5) is 6.01 Å². The Bertz CT molecular complexity index is 1180. The van der Waals surface area contributed by atoms with Crippen LogP contribution in [0.2, 0.25) is 4.34 Å². The minimum absolute atomic E-state index is 0.000199. The van der Waals surface area contributed by atoms with Gasteiger partial charge in [0.1, 0.15) is 9.90 Å². The van der Waals surface area contributed by atoms with Crippen molar-refractivity contribution in [1.82, 2.24) is 24.3 Å². The molecular weight excluding hydrogens is 464 g/mol. The predicted octanol–water partition coefficient (Wildman–Crippen LogP) is 3.27. The summed E-state index contributed by atoms with van der Waals surface area (Å²) in [6.07, 6.45) is 2.43. The number of halogens is 1. The molecule has 4 heterocycles. The Hall–Kier alpha value is -2.28. The summed E-state index contributed by atoms with van der Waals surface area (Å²) in [5.74, 6) is -0.365. The molecule has 166 valence electrons. The molecule has 0 unspecified atom stereocenters. The first-order valence-corrected chi connectivity index (χ1v) is 12.3. The number of rotatable bonds is 6. The Kier molecular flexibility index (Phi) is 6.15. The second-order valence-corrected chi connectivity index (χ2v) is 11.3. The van der Waals surface area contributed by atoms with E-state index in [1.807, 2.05) is 13.8 Å². The molecule has 1 amide bonds. The molecule has 0 atom stereocenters. The van der Waals surface area contributed by atoms with Crippen LogP contribution in [0.1, 0.15) is 32.7 Å². The lowest BCUT2D eigenvalue weighted by Gasteiger charge is -2.29. The maximum atomic E-state index is 12.7. The van der Waals surface area contributed by atoms with Crippen molar-refractivity contribution in [2.24, 2.45) is 5.92 Å². The van der Waals surface area contributed by atoms with Crippen molar-refractivity contribution in [3.63, 3.8) is 0 Å². The lowest BCUT2D eigenvalue weighted by atomic mass is 9.97. The van der Waals surface area contributed by atoms with Crippen LogP contribution in [-0.2, 0) is 14.8 Å². The van der Waals surface area contributed by atoms with Crippen LogP contribution in [-0.4, -0.2) is 51.7 Å². The number of hydrogen-bond acceptors (Lipinski definition) is 8. The fourth-order valence-electron chi connectivity index (χ4n) is 3.40. The van der Waals surface area contributed by atoms with Gasteiger partial charge in [0.05, 0.1) is 4.34 Å². The van der Waals surface area contributed by atoms with E-state index in [4.69, 9.17) is 16.0 Å². The van der Waals surface area contributed by atoms with E-state index in [0.717, 1.165) is 11.3 Å². The van der Waals surface area contributed by atoms with Crippen molar-refractivity contribution >= 4 is 44.9 Å². The molecule has 1 N–H and O–H groups in total. The van der Waals surface area contributed by atoms with Gasteiger partial charge in [-0.1, -0.05) is 16.7 Å². The molecule has 0 spiro atoms. The number of carbonyl (C=O) groups excluding carboxylic acids is 1. The van der Waals surface area contributed by atoms with Crippen LogP contribution in [0.15, 0.2) is 33.0 Å². The van der Waals surface area contributed by atoms with Gasteiger partial charge in [0.25, 0.3) is 15.9 Å². The molecule has 0 bridgehead atoms. The van der Waals surface area contributed by atoms with E-state index in [-0.39, 0.29) is 47.1 Å². The maximum absolute atomic E-state index is 12.7. The standard InChI is InChI=1S/C18H21ClN6O4S2/c1-11(2)25-13(5-8-20-25)17-22-23-18(29-17)21-16(26)12-6-9-24(10-7-12)31(27,28)15-4-3-14(19)30-15/h3-5,8,11-12H,6-7,9-10H2,1-2H3,(H,21,23,26). The Morgan fingerprint density at radius 1 is 1.26 bits per heavy atom. The largest absolute Gasteiger partial charge is 0.401 e. The summed E-state index contributed by atoms with van der Waals surface area (Å²) in [4.78, 5) is 12.6. The van der Waals surface area contributed by atoms with Gasteiger partial charge in [-0.15, -0.1) is 16.4 Å². The van der Waals surface area contributed by atoms with Crippen molar-refractivity contribution in [3.8, 4) is 11.6 Å². The minimum Gasteiger partial charge on any atom is -0.401 e. The van der Waals surface area contributed by atoms with Gasteiger partial charge in [0.15, 0.2) is 0 Å². The van der Waals surface area contributed by atoms with Gasteiger partial charge >= 0.3 is 6.01 Å². The predicted molar refractivity (Wildman–Crippen MR) is 115 cm³/mol. The van der Waals surface area contributed by atoms with E-state index < -0.39 is 10.0 Å². The first-order valence-electron chi connectivity index (χ1n) is 9.69. The van der Waals surface area contributed by atoms with Gasteiger partial charge in [-0.3, -0.25) is 14.8 Å². The molecule has 1 aliphatic heterocycles. The minimum atomic E-state index is -3.60. The highest BCUT2D eigenvalue weighted by molar-refractivity contribution is 7.91. The van der Waals surface area contributed by atoms with E-state index in [1.165, 1.54) is 10.4 Å². The second-order valence-electron chi connectivity index (χ2n) is 7.39. The van der Waals surface area contributed by atoms with Crippen LogP contribution in [0, 0.1) is 5.92 Å². The molecule has 31 heavy (non-hydrogen) atoms. The summed E-state index contributed by atoms with van der Waals surface area (Å²) in [6, 6.07) is 4.93. The molecule has 10 nitrogen and oxygen atoms in total. The zero-order valence-electron chi connectivity index (χ0n) is 16.9. The van der Waals surface area contributed by atoms with Crippen molar-refractivity contribution in [2.45, 2.75) is 36.9 Å². The number of carbonyl (C=O) groups is 1. The maximum Gasteiger partial charge on any atom is 0.322 e. The first-order chi connectivity index (χ1) is 14.8. The zero-order chi connectivity index (χ0) is 22.2. The number of sulfonamides is 1. The average Bonchev–Trinajstić information content (AvgIpc) is 3.48. The summed E-state index contributed by atoms with van der Waals surface area (Å²) in [5.41, 5.74) is 0.662. The van der Waals surface area contributed by atoms with E-state index in [9.17, 15) is 13.2 Å². The molecule has 0 radical (unpaired) electrons. The number of nitrogens with one attached hydrogen (secondary N) is 1. The third-order valence-corrected chi connectivity index (χ3v) is 8.60. The number of nitrogens with zero attached hydrogens (tertiary/aromatic N) is 5. The van der Waals surface area contributed by atoms with E-state index in [1.54, 1.807) is 23.0 Å². The highest BCUT2D eigenvalue weighted by Crippen LogP contribution is 2.31. The third-order valence-electron chi connectivity index (χ3n) is 5.00. The van der Waals surface area contributed by atoms with E-state index in [0.29, 0.717) is 22.9 Å². The number of hydrogen-bond donors (Lipinski definition) is 1. The molecule has 0 aromatic carbocycles. The molecule has 3 aromatic heterocycles. The Balaban J connectivity index is 1.37. The van der Waals surface area contributed by atoms with Gasteiger partial charge in [-0.05, 0) is 44.9 Å². The molecule has 1 fully saturated rings. The average molecular weight is 485 g/mol. The van der Waals surface area contributed by atoms with E-state index >= 15 is 0 Å². The number of anilines is 1. The topological polar surface area (TPSA) is 123 Å². The molecule has 13 heteroatoms. The van der Waals surface area contributed by atoms with Crippen LogP contribution >= 0.6 is 22.9 Å². The molecule has 1 aliphatic rings. The molecule has 3 aromatic rings. The van der Waals surface area contributed by atoms with Gasteiger partial charge < -0.3 is 4.42 Å². The molecule has 0 saturated carbocycles. The Morgan fingerprint density at radius 2 is 2.00 bits per heavy atom. The number of amides is 1. The summed E-state index contributed by atoms with van der Waals surface area (Å²) in [6.45, 7) is 4.46. The van der Waals surface area contributed by atoms with Crippen molar-refractivity contribution < 1.29 is 17.6 Å². The lowest BCUT2D eigenvalue weighted by Crippen LogP contribution is -2.41. The SMILES string of the molecule is CC(C)n1nccc1-c1nnc(NC(=O)C2CCN(S(=O)(=O)c3ccc(Cl)s3)CC2)o1. The number of piperidine rings is 1. The zero-order valence-corrected chi connectivity index (χ0v) is 19.2. The van der Waals surface area contributed by atoms with Gasteiger partial charge in [0.2, 0.25) is 5.91 Å². The van der Waals surface area contributed by atoms with Crippen molar-refractivity contribution in [3.05, 3.63) is 28.7 Å². The normalized spacial score (nSPS) is 16.1. The summed E-state index contributed by atoms with van der Waals surface area (Å²) >= 11 is 6.89. The molecule has 4 rings (SSSR count). The third kappa shape index (κ3) is 4.52. The summed E-state index contributed by atoms with van der Waals surface area (Å²) < 4.78 is 34.7. The highest BCUT2D eigenvalue weighted by Gasteiger charge is 2.33. The highest BCUT2D eigenvalue weighted by atomic mass is 35.5. The van der Waals surface area contributed by atoms with Crippen LogP contribution in [0.5, 0.6) is 0 Å². The van der Waals surface area contributed by atoms with Gasteiger partial charge in [-0.2, -0.15) is 9.40 Å². The van der Waals surface area contributed by atoms with Crippen LogP contribution < -0.4 is 5.32 Å². The molecular formula is C18H21ClN6O4S2. The van der Waals surface area contributed by atoms with Gasteiger partial charge in [-0.25, -0.2) is 8.42 Å². The molecule has 1 saturated heterocycles. The van der Waals surface area contributed by atoms with Crippen LogP contribution in [0.3, 0.4) is 0 Å². The first kappa shape index (κ1) is 21.9. The fourth-order valence-corrected chi connectivity index (χ4v) is 6.51. The van der Waals surface area contributed by atoms with Crippen molar-refractivity contribution in [2.75, 3.05) is 18.4 Å². The van der Waals surface area contributed by atoms with Crippen molar-refractivity contribution in [1.29, 1.82) is 0 Å². The monoisotopic (exact) mass is 484 g/mol. The van der Waals surface area contributed by atoms with Gasteiger partial charge in [0, 0.05) is 31.2 Å². The van der Waals surface area contributed by atoms with E-state index in [2.05, 4.69) is 20.6 Å². The Labute approximate surface area is 188 Å². The second kappa shape index (κ2) is 8.69. The quantitative estimate of drug-likeness (QED) is 0.569. The van der Waals surface area contributed by atoms with Crippen LogP contribution in [0.25, 0.3) is 11.6 Å². The summed E-state index contributed by atoms with van der Waals surface area (Å²) in [7, 11) is -3.60. The number of aromatic nitrogens is 4. The Morgan fingerprint density at radius 3 is 2.65 bits per heavy atom. The lowest BCUT2D eigenvalue weighted by molar-refractivity contribution is -0.121. The fraction of sp³-hybridized carbons (Fsp3) is 0.444.